The number of carbonyl (C=O) groups excluding carboxylic acids is 2. The van der Waals surface area contributed by atoms with Gasteiger partial charge >= 0.3 is 12.1 Å². The molecule has 3 N–H and O–H groups in total. The van der Waals surface area contributed by atoms with Crippen molar-refractivity contribution in [1.82, 2.24) is 10.7 Å². The largest absolute Gasteiger partial charge is 0.529 e. The summed E-state index contributed by atoms with van der Waals surface area (Å²) in [7, 11) is 0. The van der Waals surface area contributed by atoms with Crippen LogP contribution < -0.4 is 21.3 Å². The number of anilines is 1. The predicted octanol–water partition coefficient (Wildman–Crippen LogP) is 0.917. The molecule has 0 saturated heterocycles. The average Bonchev–Trinajstić information content (AvgIpc) is 2.34. The Morgan fingerprint density at radius 2 is 1.90 bits per heavy atom. The highest BCUT2D eigenvalue weighted by molar-refractivity contribution is 6.33. The van der Waals surface area contributed by atoms with Gasteiger partial charge in [0.15, 0.2) is 6.09 Å². The van der Waals surface area contributed by atoms with Crippen molar-refractivity contribution in [1.29, 1.82) is 0 Å². The van der Waals surface area contributed by atoms with Crippen molar-refractivity contribution in [2.24, 2.45) is 0 Å². The number of carboxylic acid groups (broad SMARTS) is 1. The summed E-state index contributed by atoms with van der Waals surface area (Å²) in [5, 5.41) is 11.4. The molecule has 21 heavy (non-hydrogen) atoms. The zero-order chi connectivity index (χ0) is 16.2. The average molecular weight is 329 g/mol. The number of hydrazine groups is 1. The molecule has 0 bridgehead atoms. The third-order valence-electron chi connectivity index (χ3n) is 2.13. The Morgan fingerprint density at radius 1 is 1.29 bits per heavy atom. The van der Waals surface area contributed by atoms with E-state index in [1.165, 1.54) is 5.32 Å². The molecule has 1 aromatic carbocycles. The van der Waals surface area contributed by atoms with E-state index in [4.69, 9.17) is 11.6 Å². The van der Waals surface area contributed by atoms with Gasteiger partial charge in [-0.25, -0.2) is 4.39 Å². The Kier molecular flexibility index (Phi) is 5.19. The second-order valence-corrected chi connectivity index (χ2v) is 4.05. The number of carbonyl (C=O) groups is 2. The van der Waals surface area contributed by atoms with Gasteiger partial charge in [-0.3, -0.25) is 15.6 Å². The summed E-state index contributed by atoms with van der Waals surface area (Å²) < 4.78 is 49.4. The molecule has 0 aliphatic rings. The van der Waals surface area contributed by atoms with E-state index < -0.39 is 30.5 Å². The normalized spacial score (nSPS) is 10.9. The van der Waals surface area contributed by atoms with Gasteiger partial charge in [0.25, 0.3) is 0 Å². The number of alkyl halides is 3. The molecule has 0 spiro atoms. The highest BCUT2D eigenvalue weighted by atomic mass is 35.5. The van der Waals surface area contributed by atoms with Crippen LogP contribution >= 0.6 is 11.6 Å². The second-order valence-electron chi connectivity index (χ2n) is 3.64. The lowest BCUT2D eigenvalue weighted by molar-refractivity contribution is -0.250. The molecular weight excluding hydrogens is 322 g/mol. The van der Waals surface area contributed by atoms with Crippen molar-refractivity contribution in [3.05, 3.63) is 28.5 Å². The molecule has 2 amide bonds. The SMILES string of the molecule is O=C([O-])NNc1cc(CNC(=O)C(F)(F)F)c(F)cc1Cl. The van der Waals surface area contributed by atoms with Crippen LogP contribution in [0.1, 0.15) is 5.56 Å². The van der Waals surface area contributed by atoms with Crippen molar-refractivity contribution in [2.75, 3.05) is 5.43 Å². The van der Waals surface area contributed by atoms with Crippen LogP contribution in [0.25, 0.3) is 0 Å². The van der Waals surface area contributed by atoms with Crippen LogP contribution in [0.15, 0.2) is 12.1 Å². The molecular formula is C10H7ClF4N3O3-. The van der Waals surface area contributed by atoms with E-state index in [0.29, 0.717) is 0 Å². The van der Waals surface area contributed by atoms with Crippen molar-refractivity contribution in [2.45, 2.75) is 12.7 Å². The van der Waals surface area contributed by atoms with Gasteiger partial charge in [-0.05, 0) is 12.1 Å². The number of amides is 2. The minimum atomic E-state index is -5.10. The van der Waals surface area contributed by atoms with Gasteiger partial charge in [-0.15, -0.1) is 0 Å². The van der Waals surface area contributed by atoms with Crippen LogP contribution in [-0.2, 0) is 11.3 Å². The lowest BCUT2D eigenvalue weighted by Gasteiger charge is -2.14. The van der Waals surface area contributed by atoms with Crippen LogP contribution in [0, 0.1) is 5.82 Å². The fourth-order valence-electron chi connectivity index (χ4n) is 1.22. The fraction of sp³-hybridized carbons (Fsp3) is 0.200. The molecule has 0 aliphatic heterocycles. The zero-order valence-corrected chi connectivity index (χ0v) is 10.7. The predicted molar refractivity (Wildman–Crippen MR) is 61.5 cm³/mol. The number of hydrogen-bond acceptors (Lipinski definition) is 4. The van der Waals surface area contributed by atoms with E-state index in [1.54, 1.807) is 5.43 Å². The molecule has 116 valence electrons. The smallest absolute Gasteiger partial charge is 0.471 e. The van der Waals surface area contributed by atoms with Gasteiger partial charge < -0.3 is 15.2 Å². The summed E-state index contributed by atoms with van der Waals surface area (Å²) >= 11 is 5.60. The first-order valence-corrected chi connectivity index (χ1v) is 5.55. The molecule has 0 aliphatic carbocycles. The van der Waals surface area contributed by atoms with Gasteiger partial charge in [0, 0.05) is 12.1 Å². The molecule has 1 rings (SSSR count). The monoisotopic (exact) mass is 328 g/mol. The van der Waals surface area contributed by atoms with E-state index >= 15 is 0 Å². The Labute approximate surface area is 120 Å². The topological polar surface area (TPSA) is 93.3 Å². The maximum absolute atomic E-state index is 13.5. The first-order valence-electron chi connectivity index (χ1n) is 5.17. The third-order valence-corrected chi connectivity index (χ3v) is 2.44. The Hall–Kier alpha value is -2.23. The highest BCUT2D eigenvalue weighted by Gasteiger charge is 2.38. The molecule has 0 fully saturated rings. The zero-order valence-electron chi connectivity index (χ0n) is 9.98. The number of halogens is 5. The van der Waals surface area contributed by atoms with Gasteiger partial charge in [-0.1, -0.05) is 11.6 Å². The first-order chi connectivity index (χ1) is 9.61. The summed E-state index contributed by atoms with van der Waals surface area (Å²) in [4.78, 5) is 20.8. The van der Waals surface area contributed by atoms with Crippen LogP contribution in [0.3, 0.4) is 0 Å². The van der Waals surface area contributed by atoms with Gasteiger partial charge in [0.05, 0.1) is 10.7 Å². The van der Waals surface area contributed by atoms with Crippen molar-refractivity contribution < 1.29 is 32.3 Å². The van der Waals surface area contributed by atoms with E-state index in [1.807, 2.05) is 0 Å². The highest BCUT2D eigenvalue weighted by Crippen LogP contribution is 2.25. The minimum absolute atomic E-state index is 0.126. The van der Waals surface area contributed by atoms with E-state index in [9.17, 15) is 32.3 Å². The number of benzene rings is 1. The molecule has 6 nitrogen and oxygen atoms in total. The summed E-state index contributed by atoms with van der Waals surface area (Å²) in [5.41, 5.74) is 3.21. The second kappa shape index (κ2) is 6.48. The van der Waals surface area contributed by atoms with Crippen LogP contribution in [-0.4, -0.2) is 18.2 Å². The Bertz CT molecular complexity index is 565. The molecule has 0 atom stereocenters. The maximum atomic E-state index is 13.5. The summed E-state index contributed by atoms with van der Waals surface area (Å²) in [6.07, 6.45) is -6.80. The number of rotatable bonds is 4. The molecule has 0 radical (unpaired) electrons. The summed E-state index contributed by atoms with van der Waals surface area (Å²) in [6, 6.07) is 1.68. The molecule has 11 heteroatoms. The standard InChI is InChI=1S/C10H8ClF4N3O3/c11-5-2-6(12)4(1-7(5)17-18-9(20)21)3-16-8(19)10(13,14)15/h1-2,17-18H,3H2,(H,16,19)(H,20,21)/p-1. The molecule has 0 saturated carbocycles. The lowest BCUT2D eigenvalue weighted by Crippen LogP contribution is -2.40. The molecule has 0 heterocycles. The maximum Gasteiger partial charge on any atom is 0.471 e. The summed E-state index contributed by atoms with van der Waals surface area (Å²) in [6.45, 7) is -0.763. The van der Waals surface area contributed by atoms with Crippen molar-refractivity contribution in [3.63, 3.8) is 0 Å². The third kappa shape index (κ3) is 4.99. The Morgan fingerprint density at radius 3 is 2.43 bits per heavy atom. The lowest BCUT2D eigenvalue weighted by atomic mass is 10.2. The van der Waals surface area contributed by atoms with E-state index in [-0.39, 0.29) is 16.3 Å². The van der Waals surface area contributed by atoms with Crippen LogP contribution in [0.2, 0.25) is 5.02 Å². The van der Waals surface area contributed by atoms with Gasteiger partial charge in [0.2, 0.25) is 0 Å². The minimum Gasteiger partial charge on any atom is -0.529 e. The van der Waals surface area contributed by atoms with Crippen LogP contribution in [0.5, 0.6) is 0 Å². The van der Waals surface area contributed by atoms with E-state index in [2.05, 4.69) is 5.43 Å². The van der Waals surface area contributed by atoms with Gasteiger partial charge in [-0.2, -0.15) is 13.2 Å². The number of nitrogens with one attached hydrogen (secondary N) is 3. The fourth-order valence-corrected chi connectivity index (χ4v) is 1.42. The summed E-state index contributed by atoms with van der Waals surface area (Å²) in [5.74, 6) is -3.21. The molecule has 0 unspecified atom stereocenters. The quantitative estimate of drug-likeness (QED) is 0.566. The van der Waals surface area contributed by atoms with Crippen molar-refractivity contribution >= 4 is 29.3 Å². The molecule has 1 aromatic rings. The Balaban J connectivity index is 2.85. The van der Waals surface area contributed by atoms with E-state index in [0.717, 1.165) is 12.1 Å². The van der Waals surface area contributed by atoms with Crippen molar-refractivity contribution in [3.8, 4) is 0 Å². The van der Waals surface area contributed by atoms with Gasteiger partial charge in [0.1, 0.15) is 5.82 Å². The number of hydrogen-bond donors (Lipinski definition) is 3. The van der Waals surface area contributed by atoms with Crippen LogP contribution in [0.4, 0.5) is 28.0 Å². The first kappa shape index (κ1) is 16.8. The molecule has 0 aromatic heterocycles.